The molecule has 1 fully saturated rings. The molecule has 0 bridgehead atoms. The average Bonchev–Trinajstić information content (AvgIpc) is 3.21. The van der Waals surface area contributed by atoms with Crippen molar-refractivity contribution in [2.24, 2.45) is 0 Å². The number of rotatable bonds is 5. The van der Waals surface area contributed by atoms with Gasteiger partial charge in [0.1, 0.15) is 5.82 Å². The number of nitrogens with one attached hydrogen (secondary N) is 1. The third-order valence-corrected chi connectivity index (χ3v) is 5.53. The van der Waals surface area contributed by atoms with Crippen molar-refractivity contribution in [1.82, 2.24) is 14.9 Å². The van der Waals surface area contributed by atoms with Gasteiger partial charge in [0.2, 0.25) is 0 Å². The topological polar surface area (TPSA) is 76.7 Å². The van der Waals surface area contributed by atoms with E-state index in [-0.39, 0.29) is 5.91 Å². The van der Waals surface area contributed by atoms with Crippen LogP contribution in [0.3, 0.4) is 0 Å². The van der Waals surface area contributed by atoms with Gasteiger partial charge in [0, 0.05) is 13.1 Å². The first-order valence-electron chi connectivity index (χ1n) is 9.56. The monoisotopic (exact) mass is 471 g/mol. The first-order chi connectivity index (χ1) is 14.6. The SMILES string of the molecule is COc1cc(C=C(C(=O)N2CCOCC2)c2nc3ccccc3[nH]2)cc(Br)c1OC. The summed E-state index contributed by atoms with van der Waals surface area (Å²) in [7, 11) is 3.16. The number of benzene rings is 2. The minimum absolute atomic E-state index is 0.0942. The van der Waals surface area contributed by atoms with Crippen molar-refractivity contribution < 1.29 is 19.0 Å². The summed E-state index contributed by atoms with van der Waals surface area (Å²) in [5.41, 5.74) is 2.95. The normalized spacial score (nSPS) is 14.8. The second kappa shape index (κ2) is 8.89. The van der Waals surface area contributed by atoms with E-state index in [1.165, 1.54) is 0 Å². The number of aromatic amines is 1. The molecule has 7 nitrogen and oxygen atoms in total. The van der Waals surface area contributed by atoms with Crippen LogP contribution in [-0.4, -0.2) is 61.3 Å². The number of ether oxygens (including phenoxy) is 3. The minimum atomic E-state index is -0.0942. The Bertz CT molecular complexity index is 1070. The van der Waals surface area contributed by atoms with E-state index >= 15 is 0 Å². The predicted molar refractivity (Wildman–Crippen MR) is 119 cm³/mol. The summed E-state index contributed by atoms with van der Waals surface area (Å²) in [6.45, 7) is 2.15. The number of carbonyl (C=O) groups is 1. The second-order valence-electron chi connectivity index (χ2n) is 6.80. The molecule has 0 spiro atoms. The summed E-state index contributed by atoms with van der Waals surface area (Å²) in [6.07, 6.45) is 1.82. The summed E-state index contributed by atoms with van der Waals surface area (Å²) >= 11 is 3.52. The van der Waals surface area contributed by atoms with E-state index in [1.54, 1.807) is 19.1 Å². The summed E-state index contributed by atoms with van der Waals surface area (Å²) in [5.74, 6) is 1.60. The number of hydrogen-bond acceptors (Lipinski definition) is 5. The molecule has 0 radical (unpaired) electrons. The molecule has 1 aliphatic rings. The fourth-order valence-corrected chi connectivity index (χ4v) is 4.06. The quantitative estimate of drug-likeness (QED) is 0.573. The minimum Gasteiger partial charge on any atom is -0.493 e. The zero-order valence-corrected chi connectivity index (χ0v) is 18.4. The summed E-state index contributed by atoms with van der Waals surface area (Å²) < 4.78 is 17.0. The predicted octanol–water partition coefficient (Wildman–Crippen LogP) is 3.74. The van der Waals surface area contributed by atoms with Crippen LogP contribution in [0.4, 0.5) is 0 Å². The highest BCUT2D eigenvalue weighted by molar-refractivity contribution is 9.10. The van der Waals surface area contributed by atoms with Gasteiger partial charge in [-0.1, -0.05) is 12.1 Å². The Kier molecular flexibility index (Phi) is 6.06. The molecule has 1 aromatic heterocycles. The second-order valence-corrected chi connectivity index (χ2v) is 7.66. The molecule has 0 saturated carbocycles. The molecule has 0 atom stereocenters. The Morgan fingerprint density at radius 3 is 2.67 bits per heavy atom. The van der Waals surface area contributed by atoms with Gasteiger partial charge in [-0.15, -0.1) is 0 Å². The van der Waals surface area contributed by atoms with Crippen molar-refractivity contribution >= 4 is 44.5 Å². The van der Waals surface area contributed by atoms with Gasteiger partial charge in [-0.05, 0) is 51.8 Å². The Labute approximate surface area is 182 Å². The summed E-state index contributed by atoms with van der Waals surface area (Å²) in [4.78, 5) is 23.1. The van der Waals surface area contributed by atoms with Gasteiger partial charge in [-0.25, -0.2) is 4.98 Å². The Morgan fingerprint density at radius 1 is 1.20 bits per heavy atom. The molecule has 3 aromatic rings. The third-order valence-electron chi connectivity index (χ3n) is 4.94. The lowest BCUT2D eigenvalue weighted by Gasteiger charge is -2.27. The molecular formula is C22H22BrN3O4. The zero-order valence-electron chi connectivity index (χ0n) is 16.8. The molecule has 1 aliphatic heterocycles. The van der Waals surface area contributed by atoms with Crippen LogP contribution < -0.4 is 9.47 Å². The summed E-state index contributed by atoms with van der Waals surface area (Å²) in [5, 5.41) is 0. The number of carbonyl (C=O) groups excluding carboxylic acids is 1. The van der Waals surface area contributed by atoms with Crippen molar-refractivity contribution in [3.8, 4) is 11.5 Å². The maximum Gasteiger partial charge on any atom is 0.257 e. The molecule has 1 saturated heterocycles. The van der Waals surface area contributed by atoms with Crippen LogP contribution in [0.2, 0.25) is 0 Å². The molecule has 2 aromatic carbocycles. The van der Waals surface area contributed by atoms with Crippen molar-refractivity contribution in [2.45, 2.75) is 0 Å². The van der Waals surface area contributed by atoms with Gasteiger partial charge < -0.3 is 24.1 Å². The van der Waals surface area contributed by atoms with Crippen LogP contribution in [0.25, 0.3) is 22.7 Å². The van der Waals surface area contributed by atoms with Crippen LogP contribution in [0.15, 0.2) is 40.9 Å². The highest BCUT2D eigenvalue weighted by Gasteiger charge is 2.24. The number of nitrogens with zero attached hydrogens (tertiary/aromatic N) is 2. The van der Waals surface area contributed by atoms with Gasteiger partial charge in [0.25, 0.3) is 5.91 Å². The van der Waals surface area contributed by atoms with Crippen LogP contribution in [-0.2, 0) is 9.53 Å². The highest BCUT2D eigenvalue weighted by atomic mass is 79.9. The van der Waals surface area contributed by atoms with Gasteiger partial charge in [0.05, 0.1) is 48.5 Å². The van der Waals surface area contributed by atoms with E-state index in [0.29, 0.717) is 49.2 Å². The molecule has 8 heteroatoms. The number of hydrogen-bond donors (Lipinski definition) is 1. The van der Waals surface area contributed by atoms with E-state index in [9.17, 15) is 4.79 Å². The van der Waals surface area contributed by atoms with Gasteiger partial charge >= 0.3 is 0 Å². The number of amides is 1. The van der Waals surface area contributed by atoms with Crippen LogP contribution >= 0.6 is 15.9 Å². The maximum atomic E-state index is 13.4. The molecule has 156 valence electrons. The van der Waals surface area contributed by atoms with E-state index in [2.05, 4.69) is 25.9 Å². The Hall–Kier alpha value is -2.84. The lowest BCUT2D eigenvalue weighted by molar-refractivity contribution is -0.128. The molecular weight excluding hydrogens is 450 g/mol. The number of halogens is 1. The van der Waals surface area contributed by atoms with Crippen molar-refractivity contribution in [3.05, 3.63) is 52.3 Å². The van der Waals surface area contributed by atoms with Crippen molar-refractivity contribution in [3.63, 3.8) is 0 Å². The van der Waals surface area contributed by atoms with Crippen molar-refractivity contribution in [1.29, 1.82) is 0 Å². The van der Waals surface area contributed by atoms with Gasteiger partial charge in [-0.3, -0.25) is 4.79 Å². The van der Waals surface area contributed by atoms with E-state index in [4.69, 9.17) is 14.2 Å². The lowest BCUT2D eigenvalue weighted by Crippen LogP contribution is -2.41. The third kappa shape index (κ3) is 4.06. The Morgan fingerprint density at radius 2 is 1.97 bits per heavy atom. The number of fused-ring (bicyclic) bond motifs is 1. The van der Waals surface area contributed by atoms with E-state index in [0.717, 1.165) is 21.1 Å². The number of H-pyrrole nitrogens is 1. The molecule has 4 rings (SSSR count). The number of para-hydroxylation sites is 2. The molecule has 2 heterocycles. The van der Waals surface area contributed by atoms with Crippen LogP contribution in [0.5, 0.6) is 11.5 Å². The highest BCUT2D eigenvalue weighted by Crippen LogP contribution is 2.37. The number of methoxy groups -OCH3 is 2. The molecule has 30 heavy (non-hydrogen) atoms. The van der Waals surface area contributed by atoms with Gasteiger partial charge in [-0.2, -0.15) is 0 Å². The van der Waals surface area contributed by atoms with Gasteiger partial charge in [0.15, 0.2) is 11.5 Å². The zero-order chi connectivity index (χ0) is 21.1. The van der Waals surface area contributed by atoms with E-state index < -0.39 is 0 Å². The molecule has 0 aliphatic carbocycles. The lowest BCUT2D eigenvalue weighted by atomic mass is 10.1. The Balaban J connectivity index is 1.82. The summed E-state index contributed by atoms with van der Waals surface area (Å²) in [6, 6.07) is 11.4. The molecule has 1 N–H and O–H groups in total. The maximum absolute atomic E-state index is 13.4. The molecule has 0 unspecified atom stereocenters. The van der Waals surface area contributed by atoms with E-state index in [1.807, 2.05) is 42.5 Å². The average molecular weight is 472 g/mol. The van der Waals surface area contributed by atoms with Crippen molar-refractivity contribution in [2.75, 3.05) is 40.5 Å². The molecule has 1 amide bonds. The fraction of sp³-hybridized carbons (Fsp3) is 0.273. The smallest absolute Gasteiger partial charge is 0.257 e. The largest absolute Gasteiger partial charge is 0.493 e. The standard InChI is InChI=1S/C22H22BrN3O4/c1-28-19-13-14(12-16(23)20(19)29-2)11-15(22(27)26-7-9-30-10-8-26)21-24-17-5-3-4-6-18(17)25-21/h3-6,11-13H,7-10H2,1-2H3,(H,24,25). The fourth-order valence-electron chi connectivity index (χ4n) is 3.44. The first-order valence-corrected chi connectivity index (χ1v) is 10.4. The number of morpholine rings is 1. The van der Waals surface area contributed by atoms with Crippen LogP contribution in [0, 0.1) is 0 Å². The number of aromatic nitrogens is 2. The van der Waals surface area contributed by atoms with Crippen LogP contribution in [0.1, 0.15) is 11.4 Å². The first kappa shape index (κ1) is 20.4. The number of imidazole rings is 1.